The van der Waals surface area contributed by atoms with Crippen molar-refractivity contribution in [1.82, 2.24) is 4.72 Å². The lowest BCUT2D eigenvalue weighted by atomic mass is 10.1. The minimum Gasteiger partial charge on any atom is -0.207 e. The first-order valence-electron chi connectivity index (χ1n) is 8.09. The Morgan fingerprint density at radius 1 is 0.917 bits per heavy atom. The Labute approximate surface area is 143 Å². The van der Waals surface area contributed by atoms with Crippen molar-refractivity contribution in [3.8, 4) is 0 Å². The summed E-state index contributed by atoms with van der Waals surface area (Å²) in [5.74, 6) is 0. The molecule has 0 unspecified atom stereocenters. The predicted octanol–water partition coefficient (Wildman–Crippen LogP) is 4.44. The van der Waals surface area contributed by atoms with Gasteiger partial charge in [-0.2, -0.15) is 0 Å². The maximum atomic E-state index is 12.7. The van der Waals surface area contributed by atoms with Gasteiger partial charge in [-0.3, -0.25) is 0 Å². The van der Waals surface area contributed by atoms with Gasteiger partial charge in [-0.25, -0.2) is 13.1 Å². The van der Waals surface area contributed by atoms with Gasteiger partial charge in [0.2, 0.25) is 10.0 Å². The fourth-order valence-electron chi connectivity index (χ4n) is 2.75. The topological polar surface area (TPSA) is 46.2 Å². The van der Waals surface area contributed by atoms with Gasteiger partial charge >= 0.3 is 0 Å². The Hall–Kier alpha value is -2.17. The van der Waals surface area contributed by atoms with E-state index >= 15 is 0 Å². The molecule has 3 nitrogen and oxygen atoms in total. The minimum absolute atomic E-state index is 0.285. The number of sulfonamides is 1. The predicted molar refractivity (Wildman–Crippen MR) is 98.5 cm³/mol. The normalized spacial score (nSPS) is 13.1. The summed E-state index contributed by atoms with van der Waals surface area (Å²) in [6, 6.07) is 20.7. The first-order chi connectivity index (χ1) is 11.5. The van der Waals surface area contributed by atoms with E-state index in [0.29, 0.717) is 4.90 Å². The zero-order valence-electron chi connectivity index (χ0n) is 13.9. The zero-order chi connectivity index (χ0) is 17.2. The lowest BCUT2D eigenvalue weighted by Crippen LogP contribution is -2.26. The van der Waals surface area contributed by atoms with Crippen LogP contribution in [0.1, 0.15) is 31.0 Å². The average Bonchev–Trinajstić information content (AvgIpc) is 2.61. The quantitative estimate of drug-likeness (QED) is 0.747. The molecule has 0 bridgehead atoms. The van der Waals surface area contributed by atoms with Gasteiger partial charge in [-0.05, 0) is 47.4 Å². The molecule has 4 heteroatoms. The fraction of sp³-hybridized carbons (Fsp3) is 0.200. The molecule has 0 aliphatic rings. The standard InChI is InChI=1S/C20H21NO2S/c1-3-16-8-10-17(11-9-16)15(2)21-24(22,23)20-13-12-18-6-4-5-7-19(18)14-20/h4-15,21H,3H2,1-2H3/t15-/m1/s1. The smallest absolute Gasteiger partial charge is 0.207 e. The molecule has 0 aliphatic heterocycles. The lowest BCUT2D eigenvalue weighted by Gasteiger charge is -2.15. The Morgan fingerprint density at radius 2 is 1.58 bits per heavy atom. The number of hydrogen-bond donors (Lipinski definition) is 1. The lowest BCUT2D eigenvalue weighted by molar-refractivity contribution is 0.567. The maximum Gasteiger partial charge on any atom is 0.241 e. The number of aryl methyl sites for hydroxylation is 1. The summed E-state index contributed by atoms with van der Waals surface area (Å²) in [5.41, 5.74) is 2.19. The summed E-state index contributed by atoms with van der Waals surface area (Å²) in [4.78, 5) is 0.290. The summed E-state index contributed by atoms with van der Waals surface area (Å²) in [6.07, 6.45) is 0.970. The van der Waals surface area contributed by atoms with Crippen LogP contribution in [0.5, 0.6) is 0 Å². The van der Waals surface area contributed by atoms with E-state index < -0.39 is 10.0 Å². The van der Waals surface area contributed by atoms with E-state index in [2.05, 4.69) is 11.6 Å². The van der Waals surface area contributed by atoms with Crippen LogP contribution in [-0.2, 0) is 16.4 Å². The molecule has 0 fully saturated rings. The van der Waals surface area contributed by atoms with Crippen LogP contribution in [0.15, 0.2) is 71.6 Å². The van der Waals surface area contributed by atoms with Gasteiger partial charge in [0.05, 0.1) is 4.90 Å². The van der Waals surface area contributed by atoms with Crippen LogP contribution in [0.25, 0.3) is 10.8 Å². The minimum atomic E-state index is -3.56. The number of hydrogen-bond acceptors (Lipinski definition) is 2. The third-order valence-corrected chi connectivity index (χ3v) is 5.79. The molecular weight excluding hydrogens is 318 g/mol. The summed E-state index contributed by atoms with van der Waals surface area (Å²) >= 11 is 0. The Morgan fingerprint density at radius 3 is 2.25 bits per heavy atom. The van der Waals surface area contributed by atoms with E-state index in [1.165, 1.54) is 5.56 Å². The van der Waals surface area contributed by atoms with Crippen molar-refractivity contribution in [3.05, 3.63) is 77.9 Å². The second-order valence-corrected chi connectivity index (χ2v) is 7.66. The molecule has 0 saturated carbocycles. The molecular formula is C20H21NO2S. The number of rotatable bonds is 5. The number of nitrogens with one attached hydrogen (secondary N) is 1. The molecule has 124 valence electrons. The van der Waals surface area contributed by atoms with E-state index in [4.69, 9.17) is 0 Å². The van der Waals surface area contributed by atoms with Gasteiger partial charge in [0.25, 0.3) is 0 Å². The van der Waals surface area contributed by atoms with Crippen LogP contribution >= 0.6 is 0 Å². The van der Waals surface area contributed by atoms with Gasteiger partial charge in [0.1, 0.15) is 0 Å². The van der Waals surface area contributed by atoms with Crippen molar-refractivity contribution < 1.29 is 8.42 Å². The van der Waals surface area contributed by atoms with E-state index in [1.807, 2.05) is 61.5 Å². The van der Waals surface area contributed by atoms with Crippen LogP contribution in [0.2, 0.25) is 0 Å². The van der Waals surface area contributed by atoms with E-state index in [0.717, 1.165) is 22.8 Å². The van der Waals surface area contributed by atoms with Crippen LogP contribution in [-0.4, -0.2) is 8.42 Å². The molecule has 3 aromatic rings. The first kappa shape index (κ1) is 16.7. The van der Waals surface area contributed by atoms with Gasteiger partial charge in [0, 0.05) is 6.04 Å². The van der Waals surface area contributed by atoms with Crippen LogP contribution < -0.4 is 4.72 Å². The van der Waals surface area contributed by atoms with Crippen molar-refractivity contribution in [2.45, 2.75) is 31.2 Å². The Bertz CT molecular complexity index is 947. The second kappa shape index (κ2) is 6.75. The van der Waals surface area contributed by atoms with Crippen molar-refractivity contribution in [2.75, 3.05) is 0 Å². The van der Waals surface area contributed by atoms with Crippen molar-refractivity contribution in [1.29, 1.82) is 0 Å². The number of fused-ring (bicyclic) bond motifs is 1. The highest BCUT2D eigenvalue weighted by Gasteiger charge is 2.18. The van der Waals surface area contributed by atoms with Gasteiger partial charge in [-0.1, -0.05) is 61.5 Å². The molecule has 0 aliphatic carbocycles. The second-order valence-electron chi connectivity index (χ2n) is 5.95. The summed E-state index contributed by atoms with van der Waals surface area (Å²) in [7, 11) is -3.56. The molecule has 0 saturated heterocycles. The molecule has 24 heavy (non-hydrogen) atoms. The molecule has 0 amide bonds. The highest BCUT2D eigenvalue weighted by atomic mass is 32.2. The molecule has 3 rings (SSSR count). The average molecular weight is 339 g/mol. The molecule has 0 radical (unpaired) electrons. The van der Waals surface area contributed by atoms with Crippen LogP contribution in [0, 0.1) is 0 Å². The van der Waals surface area contributed by atoms with E-state index in [9.17, 15) is 8.42 Å². The van der Waals surface area contributed by atoms with Crippen molar-refractivity contribution in [2.24, 2.45) is 0 Å². The summed E-state index contributed by atoms with van der Waals surface area (Å²) < 4.78 is 28.1. The Kier molecular flexibility index (Phi) is 4.69. The molecule has 0 aromatic heterocycles. The van der Waals surface area contributed by atoms with Crippen molar-refractivity contribution >= 4 is 20.8 Å². The SMILES string of the molecule is CCc1ccc([C@@H](C)NS(=O)(=O)c2ccc3ccccc3c2)cc1. The monoisotopic (exact) mass is 339 g/mol. The highest BCUT2D eigenvalue weighted by Crippen LogP contribution is 2.21. The van der Waals surface area contributed by atoms with Gasteiger partial charge < -0.3 is 0 Å². The first-order valence-corrected chi connectivity index (χ1v) is 9.58. The zero-order valence-corrected chi connectivity index (χ0v) is 14.7. The molecule has 1 N–H and O–H groups in total. The van der Waals surface area contributed by atoms with Crippen LogP contribution in [0.3, 0.4) is 0 Å². The van der Waals surface area contributed by atoms with Crippen LogP contribution in [0.4, 0.5) is 0 Å². The molecule has 3 aromatic carbocycles. The fourth-order valence-corrected chi connectivity index (χ4v) is 4.01. The molecule has 0 spiro atoms. The van der Waals surface area contributed by atoms with E-state index in [-0.39, 0.29) is 6.04 Å². The third-order valence-electron chi connectivity index (χ3n) is 4.25. The van der Waals surface area contributed by atoms with Gasteiger partial charge in [0.15, 0.2) is 0 Å². The third kappa shape index (κ3) is 3.50. The Balaban J connectivity index is 1.85. The summed E-state index contributed by atoms with van der Waals surface area (Å²) in [6.45, 7) is 3.96. The molecule has 0 heterocycles. The van der Waals surface area contributed by atoms with E-state index in [1.54, 1.807) is 12.1 Å². The number of benzene rings is 3. The maximum absolute atomic E-state index is 12.7. The summed E-state index contributed by atoms with van der Waals surface area (Å²) in [5, 5.41) is 1.94. The highest BCUT2D eigenvalue weighted by molar-refractivity contribution is 7.89. The van der Waals surface area contributed by atoms with Gasteiger partial charge in [-0.15, -0.1) is 0 Å². The largest absolute Gasteiger partial charge is 0.241 e. The van der Waals surface area contributed by atoms with Crippen molar-refractivity contribution in [3.63, 3.8) is 0 Å². The molecule has 1 atom stereocenters.